The Balaban J connectivity index is 1.66. The van der Waals surface area contributed by atoms with Gasteiger partial charge in [0.05, 0.1) is 0 Å². The van der Waals surface area contributed by atoms with Crippen LogP contribution in [-0.4, -0.2) is 58.2 Å². The lowest BCUT2D eigenvalue weighted by atomic mass is 9.90. The molecule has 0 saturated carbocycles. The summed E-state index contributed by atoms with van der Waals surface area (Å²) in [6, 6.07) is 5.38. The zero-order chi connectivity index (χ0) is 20.8. The highest BCUT2D eigenvalue weighted by atomic mass is 19.4. The number of hydrogen-bond donors (Lipinski definition) is 0. The number of carbonyl (C=O) groups is 1. The molecule has 3 heterocycles. The predicted octanol–water partition coefficient (Wildman–Crippen LogP) is 3.59. The molecule has 2 aliphatic rings. The van der Waals surface area contributed by atoms with E-state index in [9.17, 15) is 18.0 Å². The number of aryl methyl sites for hydroxylation is 1. The molecule has 1 aromatic carbocycles. The van der Waals surface area contributed by atoms with Gasteiger partial charge >= 0.3 is 6.18 Å². The lowest BCUT2D eigenvalue weighted by Crippen LogP contribution is -2.48. The van der Waals surface area contributed by atoms with E-state index in [-0.39, 0.29) is 11.5 Å². The average molecular weight is 406 g/mol. The average Bonchev–Trinajstić information content (AvgIpc) is 3.07. The molecule has 8 heteroatoms. The van der Waals surface area contributed by atoms with Gasteiger partial charge in [-0.3, -0.25) is 9.48 Å². The maximum absolute atomic E-state index is 13.5. The van der Waals surface area contributed by atoms with Crippen LogP contribution in [0.3, 0.4) is 0 Å². The first-order valence-electron chi connectivity index (χ1n) is 9.98. The summed E-state index contributed by atoms with van der Waals surface area (Å²) in [6.07, 6.45) is 0.790. The fraction of sp³-hybridized carbons (Fsp3) is 0.524. The Labute approximate surface area is 168 Å². The molecule has 0 spiro atoms. The Kier molecular flexibility index (Phi) is 5.14. The van der Waals surface area contributed by atoms with Gasteiger partial charge in [0.25, 0.3) is 5.91 Å². The summed E-state index contributed by atoms with van der Waals surface area (Å²) >= 11 is 0. The lowest BCUT2D eigenvalue weighted by molar-refractivity contribution is -0.140. The number of hydrogen-bond acceptors (Lipinski definition) is 3. The van der Waals surface area contributed by atoms with Gasteiger partial charge in [-0.15, -0.1) is 0 Å². The van der Waals surface area contributed by atoms with Crippen molar-refractivity contribution in [3.05, 3.63) is 41.2 Å². The second kappa shape index (κ2) is 7.48. The molecule has 1 aromatic heterocycles. The summed E-state index contributed by atoms with van der Waals surface area (Å²) in [4.78, 5) is 17.3. The highest BCUT2D eigenvalue weighted by Crippen LogP contribution is 2.39. The molecule has 2 aliphatic heterocycles. The molecule has 1 unspecified atom stereocenters. The van der Waals surface area contributed by atoms with E-state index in [0.717, 1.165) is 13.0 Å². The van der Waals surface area contributed by atoms with E-state index < -0.39 is 11.9 Å². The molecule has 2 aromatic rings. The third kappa shape index (κ3) is 3.77. The molecule has 1 atom stereocenters. The summed E-state index contributed by atoms with van der Waals surface area (Å²) in [5, 5.41) is 3.62. The SMILES string of the molecule is CN1CCCCC1CN1CCc2c(cccc2-c2cn(C)nc2C(F)(F)F)C1=O. The van der Waals surface area contributed by atoms with Gasteiger partial charge in [-0.25, -0.2) is 0 Å². The van der Waals surface area contributed by atoms with Crippen LogP contribution in [0.5, 0.6) is 0 Å². The van der Waals surface area contributed by atoms with E-state index >= 15 is 0 Å². The number of carbonyl (C=O) groups excluding carboxylic acids is 1. The topological polar surface area (TPSA) is 41.4 Å². The quantitative estimate of drug-likeness (QED) is 0.782. The Morgan fingerprint density at radius 1 is 1.10 bits per heavy atom. The van der Waals surface area contributed by atoms with Crippen molar-refractivity contribution in [2.24, 2.45) is 7.05 Å². The monoisotopic (exact) mass is 406 g/mol. The highest BCUT2D eigenvalue weighted by Gasteiger charge is 2.38. The van der Waals surface area contributed by atoms with Crippen molar-refractivity contribution in [2.75, 3.05) is 26.7 Å². The fourth-order valence-electron chi connectivity index (χ4n) is 4.53. The second-order valence-electron chi connectivity index (χ2n) is 8.03. The van der Waals surface area contributed by atoms with Crippen LogP contribution in [0, 0.1) is 0 Å². The minimum Gasteiger partial charge on any atom is -0.337 e. The van der Waals surface area contributed by atoms with Crippen LogP contribution in [0.2, 0.25) is 0 Å². The third-order valence-electron chi connectivity index (χ3n) is 6.07. The van der Waals surface area contributed by atoms with Crippen molar-refractivity contribution in [2.45, 2.75) is 37.9 Å². The van der Waals surface area contributed by atoms with Gasteiger partial charge in [0.2, 0.25) is 0 Å². The molecule has 1 saturated heterocycles. The molecule has 29 heavy (non-hydrogen) atoms. The molecule has 1 amide bonds. The number of alkyl halides is 3. The van der Waals surface area contributed by atoms with Crippen LogP contribution in [-0.2, 0) is 19.6 Å². The second-order valence-corrected chi connectivity index (χ2v) is 8.03. The van der Waals surface area contributed by atoms with Gasteiger partial charge in [0.1, 0.15) is 0 Å². The van der Waals surface area contributed by atoms with Gasteiger partial charge < -0.3 is 9.80 Å². The van der Waals surface area contributed by atoms with E-state index in [4.69, 9.17) is 0 Å². The summed E-state index contributed by atoms with van der Waals surface area (Å²) < 4.78 is 41.6. The molecule has 156 valence electrons. The molecule has 1 fully saturated rings. The Bertz CT molecular complexity index is 921. The Morgan fingerprint density at radius 3 is 2.59 bits per heavy atom. The van der Waals surface area contributed by atoms with Crippen LogP contribution >= 0.6 is 0 Å². The molecule has 0 radical (unpaired) electrons. The van der Waals surface area contributed by atoms with E-state index in [1.807, 2.05) is 4.90 Å². The number of rotatable bonds is 3. The number of aromatic nitrogens is 2. The first kappa shape index (κ1) is 19.9. The molecule has 0 N–H and O–H groups in total. The normalized spacial score (nSPS) is 20.8. The Hall–Kier alpha value is -2.35. The number of amides is 1. The number of likely N-dealkylation sites (tertiary alicyclic amines) is 1. The summed E-state index contributed by atoms with van der Waals surface area (Å²) in [5.74, 6) is -0.0930. The van der Waals surface area contributed by atoms with Crippen molar-refractivity contribution in [3.63, 3.8) is 0 Å². The van der Waals surface area contributed by atoms with Crippen LogP contribution in [0.4, 0.5) is 13.2 Å². The number of halogens is 3. The molecular formula is C21H25F3N4O. The van der Waals surface area contributed by atoms with E-state index in [1.165, 1.54) is 30.8 Å². The molecule has 0 bridgehead atoms. The minimum atomic E-state index is -4.55. The van der Waals surface area contributed by atoms with E-state index in [2.05, 4.69) is 17.0 Å². The summed E-state index contributed by atoms with van der Waals surface area (Å²) in [6.45, 7) is 2.23. The zero-order valence-corrected chi connectivity index (χ0v) is 16.7. The van der Waals surface area contributed by atoms with Crippen LogP contribution < -0.4 is 0 Å². The van der Waals surface area contributed by atoms with Crippen molar-refractivity contribution < 1.29 is 18.0 Å². The van der Waals surface area contributed by atoms with Crippen molar-refractivity contribution in [3.8, 4) is 11.1 Å². The van der Waals surface area contributed by atoms with Gasteiger partial charge in [0, 0.05) is 43.5 Å². The first-order chi connectivity index (χ1) is 13.8. The van der Waals surface area contributed by atoms with Crippen LogP contribution in [0.25, 0.3) is 11.1 Å². The number of likely N-dealkylation sites (N-methyl/N-ethyl adjacent to an activating group) is 1. The van der Waals surface area contributed by atoms with Crippen LogP contribution in [0.15, 0.2) is 24.4 Å². The van der Waals surface area contributed by atoms with Crippen LogP contribution in [0.1, 0.15) is 40.9 Å². The first-order valence-corrected chi connectivity index (χ1v) is 9.98. The summed E-state index contributed by atoms with van der Waals surface area (Å²) in [7, 11) is 3.56. The fourth-order valence-corrected chi connectivity index (χ4v) is 4.53. The molecule has 4 rings (SSSR count). The van der Waals surface area contributed by atoms with Crippen molar-refractivity contribution >= 4 is 5.91 Å². The molecule has 0 aliphatic carbocycles. The highest BCUT2D eigenvalue weighted by molar-refractivity contribution is 5.99. The number of fused-ring (bicyclic) bond motifs is 1. The van der Waals surface area contributed by atoms with Gasteiger partial charge in [-0.2, -0.15) is 18.3 Å². The Morgan fingerprint density at radius 2 is 1.86 bits per heavy atom. The van der Waals surface area contributed by atoms with Gasteiger partial charge in [0.15, 0.2) is 5.69 Å². The van der Waals surface area contributed by atoms with Gasteiger partial charge in [-0.1, -0.05) is 18.6 Å². The number of benzene rings is 1. The summed E-state index contributed by atoms with van der Waals surface area (Å²) in [5.41, 5.74) is 0.761. The maximum atomic E-state index is 13.5. The molecular weight excluding hydrogens is 381 g/mol. The standard InChI is InChI=1S/C21H25F3N4O/c1-26-10-4-3-6-14(26)12-28-11-9-16-15(7-5-8-17(16)20(28)29)18-13-27(2)25-19(18)21(22,23)24/h5,7-8,13-14H,3-4,6,9-12H2,1-2H3. The largest absolute Gasteiger partial charge is 0.435 e. The molecule has 5 nitrogen and oxygen atoms in total. The van der Waals surface area contributed by atoms with E-state index in [0.29, 0.717) is 42.2 Å². The number of piperidine rings is 1. The van der Waals surface area contributed by atoms with Crippen molar-refractivity contribution in [1.29, 1.82) is 0 Å². The van der Waals surface area contributed by atoms with E-state index in [1.54, 1.807) is 18.2 Å². The predicted molar refractivity (Wildman–Crippen MR) is 104 cm³/mol. The smallest absolute Gasteiger partial charge is 0.337 e. The maximum Gasteiger partial charge on any atom is 0.435 e. The third-order valence-corrected chi connectivity index (χ3v) is 6.07. The van der Waals surface area contributed by atoms with Gasteiger partial charge in [-0.05, 0) is 50.0 Å². The van der Waals surface area contributed by atoms with Crippen molar-refractivity contribution in [1.82, 2.24) is 19.6 Å². The zero-order valence-electron chi connectivity index (χ0n) is 16.7. The minimum absolute atomic E-state index is 0.0325. The number of nitrogens with zero attached hydrogens (tertiary/aromatic N) is 4. The lowest BCUT2D eigenvalue weighted by Gasteiger charge is -2.38.